The van der Waals surface area contributed by atoms with Crippen molar-refractivity contribution in [2.45, 2.75) is 4.90 Å². The molecule has 2 N–H and O–H groups in total. The Morgan fingerprint density at radius 3 is 2.48 bits per heavy atom. The average molecular weight is 463 g/mol. The average Bonchev–Trinajstić information content (AvgIpc) is 3.31. The molecule has 4 aromatic rings. The molecule has 10 heteroatoms. The number of hydrogen-bond acceptors (Lipinski definition) is 7. The van der Waals surface area contributed by atoms with Gasteiger partial charge in [0.25, 0.3) is 15.9 Å². The lowest BCUT2D eigenvalue weighted by Crippen LogP contribution is -2.27. The number of hydrogen-bond donors (Lipinski definition) is 2. The van der Waals surface area contributed by atoms with Gasteiger partial charge in [0.1, 0.15) is 11.1 Å². The third-order valence-corrected chi connectivity index (χ3v) is 6.08. The molecule has 0 spiro atoms. The number of nitrogens with zero attached hydrogens (tertiary/aromatic N) is 1. The van der Waals surface area contributed by atoms with Gasteiger partial charge in [-0.15, -0.1) is 5.10 Å². The van der Waals surface area contributed by atoms with Crippen LogP contribution in [0.25, 0.3) is 11.0 Å². The van der Waals surface area contributed by atoms with Gasteiger partial charge < -0.3 is 19.2 Å². The molecule has 33 heavy (non-hydrogen) atoms. The highest BCUT2D eigenvalue weighted by molar-refractivity contribution is 7.89. The zero-order valence-electron chi connectivity index (χ0n) is 17.0. The van der Waals surface area contributed by atoms with Crippen LogP contribution in [0.4, 0.5) is 5.69 Å². The van der Waals surface area contributed by atoms with Crippen molar-refractivity contribution in [2.75, 3.05) is 12.1 Å². The van der Waals surface area contributed by atoms with E-state index in [9.17, 15) is 13.2 Å². The van der Waals surface area contributed by atoms with Crippen LogP contribution in [0.1, 0.15) is 10.4 Å². The number of ether oxygens (including phenoxy) is 2. The first kappa shape index (κ1) is 20.6. The highest BCUT2D eigenvalue weighted by Gasteiger charge is 2.18. The van der Waals surface area contributed by atoms with E-state index in [1.807, 2.05) is 0 Å². The van der Waals surface area contributed by atoms with Crippen molar-refractivity contribution in [1.29, 1.82) is 0 Å². The van der Waals surface area contributed by atoms with Crippen molar-refractivity contribution >= 4 is 32.6 Å². The lowest BCUT2D eigenvalue weighted by atomic mass is 10.1. The van der Waals surface area contributed by atoms with Gasteiger partial charge in [0.2, 0.25) is 12.3 Å². The fourth-order valence-corrected chi connectivity index (χ4v) is 4.07. The first-order chi connectivity index (χ1) is 16.0. The Labute approximate surface area is 188 Å². The summed E-state index contributed by atoms with van der Waals surface area (Å²) in [5, 5.41) is 7.32. The fraction of sp³-hybridized carbons (Fsp3) is 0.0435. The van der Waals surface area contributed by atoms with Crippen molar-refractivity contribution in [3.8, 4) is 11.5 Å². The number of anilines is 1. The lowest BCUT2D eigenvalue weighted by Gasteiger charge is -2.08. The third kappa shape index (κ3) is 4.23. The zero-order chi connectivity index (χ0) is 22.8. The van der Waals surface area contributed by atoms with Crippen LogP contribution in [0.15, 0.2) is 93.3 Å². The van der Waals surface area contributed by atoms with E-state index in [0.29, 0.717) is 28.2 Å². The van der Waals surface area contributed by atoms with Crippen LogP contribution in [0, 0.1) is 0 Å². The zero-order valence-corrected chi connectivity index (χ0v) is 17.8. The monoisotopic (exact) mass is 463 g/mol. The van der Waals surface area contributed by atoms with Gasteiger partial charge in [-0.1, -0.05) is 36.4 Å². The number of carbonyl (C=O) groups excluding carboxylic acids is 1. The van der Waals surface area contributed by atoms with Gasteiger partial charge in [-0.25, -0.2) is 0 Å². The Hall–Kier alpha value is -4.31. The molecule has 1 aliphatic heterocycles. The summed E-state index contributed by atoms with van der Waals surface area (Å²) in [6.45, 7) is 0.112. The maximum absolute atomic E-state index is 13.1. The molecule has 0 atom stereocenters. The van der Waals surface area contributed by atoms with E-state index in [0.717, 1.165) is 0 Å². The molecule has 5 rings (SSSR count). The van der Waals surface area contributed by atoms with Gasteiger partial charge in [0, 0.05) is 17.1 Å². The molecular weight excluding hydrogens is 446 g/mol. The normalized spacial score (nSPS) is 13.2. The van der Waals surface area contributed by atoms with Crippen molar-refractivity contribution in [3.05, 3.63) is 90.0 Å². The van der Waals surface area contributed by atoms with E-state index in [-0.39, 0.29) is 22.8 Å². The highest BCUT2D eigenvalue weighted by atomic mass is 32.2. The number of sulfonamides is 1. The molecular formula is C23H17N3O6S. The summed E-state index contributed by atoms with van der Waals surface area (Å²) < 4.78 is 41.5. The van der Waals surface area contributed by atoms with E-state index in [2.05, 4.69) is 15.2 Å². The standard InChI is InChI=1S/C23H17N3O6S/c27-22(24-16-10-11-20-21(13-16)31-14-30-20)18-12-15-6-4-5-9-19(15)32-23(18)25-26-33(28,29)17-7-2-1-3-8-17/h1-13,26H,14H2,(H,24,27)/b25-23-. The number of nitrogens with one attached hydrogen (secondary N) is 2. The van der Waals surface area contributed by atoms with Gasteiger partial charge in [0.05, 0.1) is 4.90 Å². The number of amides is 1. The fourth-order valence-electron chi connectivity index (χ4n) is 3.24. The number of carbonyl (C=O) groups is 1. The van der Waals surface area contributed by atoms with Crippen LogP contribution in [0.3, 0.4) is 0 Å². The van der Waals surface area contributed by atoms with E-state index in [1.165, 1.54) is 12.1 Å². The molecule has 0 fully saturated rings. The molecule has 3 aromatic carbocycles. The first-order valence-electron chi connectivity index (χ1n) is 9.84. The van der Waals surface area contributed by atoms with Crippen molar-refractivity contribution in [2.24, 2.45) is 5.10 Å². The summed E-state index contributed by atoms with van der Waals surface area (Å²) in [6.07, 6.45) is 0. The second kappa shape index (κ2) is 8.32. The molecule has 1 aromatic heterocycles. The Morgan fingerprint density at radius 2 is 1.64 bits per heavy atom. The molecule has 0 radical (unpaired) electrons. The van der Waals surface area contributed by atoms with E-state index in [1.54, 1.807) is 66.7 Å². The van der Waals surface area contributed by atoms with Crippen LogP contribution in [0.2, 0.25) is 0 Å². The second-order valence-corrected chi connectivity index (χ2v) is 8.71. The van der Waals surface area contributed by atoms with E-state index >= 15 is 0 Å². The summed E-state index contributed by atoms with van der Waals surface area (Å²) in [5.41, 5.74) is 0.761. The molecule has 2 heterocycles. The minimum absolute atomic E-state index is 0.0286. The van der Waals surface area contributed by atoms with Crippen molar-refractivity contribution in [3.63, 3.8) is 0 Å². The molecule has 1 aliphatic rings. The third-order valence-electron chi connectivity index (χ3n) is 4.85. The number of fused-ring (bicyclic) bond motifs is 2. The van der Waals surface area contributed by atoms with Crippen LogP contribution in [0.5, 0.6) is 11.5 Å². The lowest BCUT2D eigenvalue weighted by molar-refractivity contribution is 0.102. The molecule has 0 saturated heterocycles. The molecule has 0 saturated carbocycles. The van der Waals surface area contributed by atoms with Crippen molar-refractivity contribution in [1.82, 2.24) is 4.83 Å². The number of para-hydroxylation sites is 1. The Morgan fingerprint density at radius 1 is 0.879 bits per heavy atom. The Kier molecular flexibility index (Phi) is 5.19. The largest absolute Gasteiger partial charge is 0.454 e. The van der Waals surface area contributed by atoms with Crippen LogP contribution < -0.4 is 25.2 Å². The SMILES string of the molecule is O=C(Nc1ccc2c(c1)OCO2)c1cc2ccccc2o/c1=N\NS(=O)(=O)c1ccccc1. The number of benzene rings is 3. The minimum Gasteiger partial charge on any atom is -0.454 e. The predicted molar refractivity (Wildman–Crippen MR) is 119 cm³/mol. The van der Waals surface area contributed by atoms with Gasteiger partial charge in [0.15, 0.2) is 11.5 Å². The van der Waals surface area contributed by atoms with E-state index < -0.39 is 15.9 Å². The quantitative estimate of drug-likeness (QED) is 0.439. The van der Waals surface area contributed by atoms with Gasteiger partial charge >= 0.3 is 0 Å². The Balaban J connectivity index is 1.52. The molecule has 9 nitrogen and oxygen atoms in total. The second-order valence-electron chi connectivity index (χ2n) is 7.04. The van der Waals surface area contributed by atoms with Crippen molar-refractivity contribution < 1.29 is 27.1 Å². The van der Waals surface area contributed by atoms with Crippen LogP contribution >= 0.6 is 0 Å². The van der Waals surface area contributed by atoms with Crippen LogP contribution in [-0.4, -0.2) is 21.1 Å². The van der Waals surface area contributed by atoms with Crippen LogP contribution in [-0.2, 0) is 10.0 Å². The first-order valence-corrected chi connectivity index (χ1v) is 11.3. The summed E-state index contributed by atoms with van der Waals surface area (Å²) in [6, 6.07) is 21.3. The summed E-state index contributed by atoms with van der Waals surface area (Å²) in [4.78, 5) is 15.3. The minimum atomic E-state index is -3.96. The molecule has 1 amide bonds. The predicted octanol–water partition coefficient (Wildman–Crippen LogP) is 3.21. The maximum atomic E-state index is 13.1. The number of rotatable bonds is 5. The smallest absolute Gasteiger partial charge is 0.276 e. The Bertz CT molecular complexity index is 1530. The summed E-state index contributed by atoms with van der Waals surface area (Å²) in [7, 11) is -3.96. The van der Waals surface area contributed by atoms with Gasteiger partial charge in [-0.2, -0.15) is 13.2 Å². The topological polar surface area (TPSA) is 119 Å². The maximum Gasteiger partial charge on any atom is 0.276 e. The molecule has 0 bridgehead atoms. The van der Waals surface area contributed by atoms with Gasteiger partial charge in [-0.05, 0) is 36.4 Å². The summed E-state index contributed by atoms with van der Waals surface area (Å²) in [5.74, 6) is 0.553. The highest BCUT2D eigenvalue weighted by Crippen LogP contribution is 2.34. The van der Waals surface area contributed by atoms with Gasteiger partial charge in [-0.3, -0.25) is 4.79 Å². The molecule has 0 unspecified atom stereocenters. The summed E-state index contributed by atoms with van der Waals surface area (Å²) >= 11 is 0. The molecule has 0 aliphatic carbocycles. The van der Waals surface area contributed by atoms with E-state index in [4.69, 9.17) is 13.9 Å². The molecule has 166 valence electrons.